The molecule has 0 heterocycles. The van der Waals surface area contributed by atoms with Crippen LogP contribution in [0.1, 0.15) is 16.8 Å². The van der Waals surface area contributed by atoms with E-state index in [0.717, 1.165) is 0 Å². The molecular weight excluding hydrogens is 288 g/mol. The van der Waals surface area contributed by atoms with Crippen molar-refractivity contribution in [3.8, 4) is 11.5 Å². The number of aromatic hydroxyl groups is 1. The van der Waals surface area contributed by atoms with Crippen LogP contribution in [0.25, 0.3) is 0 Å². The van der Waals surface area contributed by atoms with Gasteiger partial charge in [-0.2, -0.15) is 0 Å². The number of carbonyl (C=O) groups excluding carboxylic acids is 1. The van der Waals surface area contributed by atoms with Crippen LogP contribution >= 0.6 is 0 Å². The van der Waals surface area contributed by atoms with Gasteiger partial charge in [0.05, 0.1) is 19.1 Å². The number of allylic oxidation sites excluding steroid dienone is 2. The molecule has 0 spiro atoms. The van der Waals surface area contributed by atoms with Crippen LogP contribution in [-0.2, 0) is 9.47 Å². The minimum atomic E-state index is -1.08. The van der Waals surface area contributed by atoms with Gasteiger partial charge < -0.3 is 24.4 Å². The molecular formula is C16H18O6. The molecule has 2 N–H and O–H groups in total. The van der Waals surface area contributed by atoms with E-state index < -0.39 is 11.6 Å². The van der Waals surface area contributed by atoms with Crippen LogP contribution in [0.4, 0.5) is 0 Å². The SMILES string of the molecule is COc1cc(O)cc(C(=O)C2=C(O)CC(OC)(OC)C=C2)c1. The first-order valence-corrected chi connectivity index (χ1v) is 6.59. The maximum Gasteiger partial charge on any atom is 0.196 e. The zero-order valence-electron chi connectivity index (χ0n) is 12.6. The Morgan fingerprint density at radius 2 is 1.82 bits per heavy atom. The fourth-order valence-electron chi connectivity index (χ4n) is 2.25. The number of phenols is 1. The first-order valence-electron chi connectivity index (χ1n) is 6.59. The number of Topliss-reactive ketones (excluding diaryl/α,β-unsaturated/α-hetero) is 1. The van der Waals surface area contributed by atoms with Gasteiger partial charge in [-0.3, -0.25) is 4.79 Å². The van der Waals surface area contributed by atoms with Crippen LogP contribution in [0.15, 0.2) is 41.7 Å². The summed E-state index contributed by atoms with van der Waals surface area (Å²) in [5.74, 6) is -1.39. The van der Waals surface area contributed by atoms with Gasteiger partial charge in [0.2, 0.25) is 0 Å². The van der Waals surface area contributed by atoms with Gasteiger partial charge in [-0.15, -0.1) is 0 Å². The fraction of sp³-hybridized carbons (Fsp3) is 0.312. The molecule has 0 saturated carbocycles. The van der Waals surface area contributed by atoms with E-state index in [1.807, 2.05) is 0 Å². The number of aliphatic hydroxyl groups excluding tert-OH is 1. The van der Waals surface area contributed by atoms with E-state index in [2.05, 4.69) is 0 Å². The zero-order chi connectivity index (χ0) is 16.3. The van der Waals surface area contributed by atoms with E-state index in [0.29, 0.717) is 5.75 Å². The molecule has 0 saturated heterocycles. The Morgan fingerprint density at radius 1 is 1.14 bits per heavy atom. The second kappa shape index (κ2) is 6.21. The van der Waals surface area contributed by atoms with Gasteiger partial charge in [-0.1, -0.05) is 0 Å². The minimum Gasteiger partial charge on any atom is -0.511 e. The van der Waals surface area contributed by atoms with Gasteiger partial charge in [-0.05, 0) is 24.3 Å². The van der Waals surface area contributed by atoms with Gasteiger partial charge in [0.15, 0.2) is 11.6 Å². The molecule has 0 amide bonds. The maximum atomic E-state index is 12.5. The van der Waals surface area contributed by atoms with E-state index in [9.17, 15) is 15.0 Å². The van der Waals surface area contributed by atoms with Crippen LogP contribution in [-0.4, -0.2) is 43.1 Å². The Bertz CT molecular complexity index is 640. The zero-order valence-corrected chi connectivity index (χ0v) is 12.6. The molecule has 0 atom stereocenters. The molecule has 1 aliphatic rings. The highest BCUT2D eigenvalue weighted by molar-refractivity contribution is 6.11. The second-order valence-corrected chi connectivity index (χ2v) is 4.84. The van der Waals surface area contributed by atoms with E-state index in [4.69, 9.17) is 14.2 Å². The molecule has 1 aromatic rings. The molecule has 118 valence electrons. The summed E-state index contributed by atoms with van der Waals surface area (Å²) in [4.78, 5) is 12.5. The van der Waals surface area contributed by atoms with Crippen LogP contribution < -0.4 is 4.74 Å². The molecule has 2 rings (SSSR count). The summed E-state index contributed by atoms with van der Waals surface area (Å²) in [6.45, 7) is 0. The van der Waals surface area contributed by atoms with Crippen molar-refractivity contribution < 1.29 is 29.2 Å². The fourth-order valence-corrected chi connectivity index (χ4v) is 2.25. The number of rotatable bonds is 5. The van der Waals surface area contributed by atoms with Crippen LogP contribution in [0.2, 0.25) is 0 Å². The summed E-state index contributed by atoms with van der Waals surface area (Å²) in [6.07, 6.45) is 3.04. The van der Waals surface area contributed by atoms with Gasteiger partial charge in [-0.25, -0.2) is 0 Å². The molecule has 0 aliphatic heterocycles. The summed E-state index contributed by atoms with van der Waals surface area (Å²) in [5.41, 5.74) is 0.336. The highest BCUT2D eigenvalue weighted by Crippen LogP contribution is 2.31. The number of phenolic OH excluding ortho intramolecular Hbond substituents is 1. The largest absolute Gasteiger partial charge is 0.511 e. The Balaban J connectivity index is 2.35. The summed E-state index contributed by atoms with van der Waals surface area (Å²) < 4.78 is 15.4. The maximum absolute atomic E-state index is 12.5. The van der Waals surface area contributed by atoms with Crippen molar-refractivity contribution in [1.29, 1.82) is 0 Å². The number of ether oxygens (including phenoxy) is 3. The lowest BCUT2D eigenvalue weighted by atomic mass is 9.93. The number of carbonyl (C=O) groups is 1. The highest BCUT2D eigenvalue weighted by atomic mass is 16.7. The summed E-state index contributed by atoms with van der Waals surface area (Å²) in [7, 11) is 4.34. The Labute approximate surface area is 128 Å². The molecule has 1 aromatic carbocycles. The molecule has 22 heavy (non-hydrogen) atoms. The number of methoxy groups -OCH3 is 3. The summed E-state index contributed by atoms with van der Waals surface area (Å²) >= 11 is 0. The van der Waals surface area contributed by atoms with Crippen molar-refractivity contribution in [2.75, 3.05) is 21.3 Å². The number of ketones is 1. The van der Waals surface area contributed by atoms with Crippen LogP contribution in [0.5, 0.6) is 11.5 Å². The van der Waals surface area contributed by atoms with E-state index in [-0.39, 0.29) is 29.1 Å². The topological polar surface area (TPSA) is 85.2 Å². The normalized spacial score (nSPS) is 16.7. The number of hydrogen-bond acceptors (Lipinski definition) is 6. The monoisotopic (exact) mass is 306 g/mol. The lowest BCUT2D eigenvalue weighted by molar-refractivity contribution is -0.173. The lowest BCUT2D eigenvalue weighted by Crippen LogP contribution is -2.34. The summed E-state index contributed by atoms with van der Waals surface area (Å²) in [6, 6.07) is 4.20. The molecule has 6 nitrogen and oxygen atoms in total. The molecule has 0 aromatic heterocycles. The number of aliphatic hydroxyl groups is 1. The average Bonchev–Trinajstić information content (AvgIpc) is 2.53. The first kappa shape index (κ1) is 16.1. The van der Waals surface area contributed by atoms with Gasteiger partial charge in [0.1, 0.15) is 17.3 Å². The van der Waals surface area contributed by atoms with Gasteiger partial charge >= 0.3 is 0 Å². The Kier molecular flexibility index (Phi) is 4.54. The van der Waals surface area contributed by atoms with Crippen molar-refractivity contribution in [2.24, 2.45) is 0 Å². The first-order chi connectivity index (χ1) is 10.4. The average molecular weight is 306 g/mol. The predicted molar refractivity (Wildman–Crippen MR) is 79.2 cm³/mol. The van der Waals surface area contributed by atoms with Crippen molar-refractivity contribution >= 4 is 5.78 Å². The smallest absolute Gasteiger partial charge is 0.196 e. The molecule has 1 aliphatic carbocycles. The predicted octanol–water partition coefficient (Wildman–Crippen LogP) is 2.34. The second-order valence-electron chi connectivity index (χ2n) is 4.84. The number of hydrogen-bond donors (Lipinski definition) is 2. The molecule has 0 bridgehead atoms. The van der Waals surface area contributed by atoms with Gasteiger partial charge in [0, 0.05) is 25.8 Å². The minimum absolute atomic E-state index is 0.0214. The van der Waals surface area contributed by atoms with Crippen molar-refractivity contribution in [2.45, 2.75) is 12.2 Å². The van der Waals surface area contributed by atoms with E-state index in [1.165, 1.54) is 45.6 Å². The highest BCUT2D eigenvalue weighted by Gasteiger charge is 2.34. The summed E-state index contributed by atoms with van der Waals surface area (Å²) in [5, 5.41) is 19.8. The lowest BCUT2D eigenvalue weighted by Gasteiger charge is -2.30. The molecule has 0 fully saturated rings. The number of benzene rings is 1. The van der Waals surface area contributed by atoms with Crippen molar-refractivity contribution in [1.82, 2.24) is 0 Å². The van der Waals surface area contributed by atoms with Crippen LogP contribution in [0.3, 0.4) is 0 Å². The Hall–Kier alpha value is -2.31. The third kappa shape index (κ3) is 2.98. The Morgan fingerprint density at radius 3 is 2.36 bits per heavy atom. The third-order valence-electron chi connectivity index (χ3n) is 3.55. The van der Waals surface area contributed by atoms with Crippen LogP contribution in [0, 0.1) is 0 Å². The van der Waals surface area contributed by atoms with Gasteiger partial charge in [0.25, 0.3) is 0 Å². The quantitative estimate of drug-likeness (QED) is 0.641. The third-order valence-corrected chi connectivity index (χ3v) is 3.55. The van der Waals surface area contributed by atoms with E-state index >= 15 is 0 Å². The standard InChI is InChI=1S/C16H18O6/c1-20-12-7-10(6-11(17)8-12)15(19)13-4-5-16(21-2,22-3)9-14(13)18/h4-8,17-18H,9H2,1-3H3. The van der Waals surface area contributed by atoms with E-state index in [1.54, 1.807) is 6.08 Å². The van der Waals surface area contributed by atoms with Crippen molar-refractivity contribution in [3.63, 3.8) is 0 Å². The molecule has 0 unspecified atom stereocenters. The van der Waals surface area contributed by atoms with Crippen molar-refractivity contribution in [3.05, 3.63) is 47.2 Å². The molecule has 6 heteroatoms. The molecule has 0 radical (unpaired) electrons.